The Morgan fingerprint density at radius 1 is 0.630 bits per heavy atom. The van der Waals surface area contributed by atoms with Gasteiger partial charge in [-0.3, -0.25) is 0 Å². The molecule has 1 heterocycles. The normalized spacial score (nSPS) is 11.2. The molecule has 0 atom stereocenters. The van der Waals surface area contributed by atoms with Crippen molar-refractivity contribution in [3.63, 3.8) is 0 Å². The quantitative estimate of drug-likeness (QED) is 0.327. The highest BCUT2D eigenvalue weighted by Gasteiger charge is 2.03. The maximum Gasteiger partial charge on any atom is 0.133 e. The van der Waals surface area contributed by atoms with Crippen molar-refractivity contribution >= 4 is 11.3 Å². The molecule has 0 aliphatic carbocycles. The zero-order valence-corrected chi connectivity index (χ0v) is 17.6. The molecule has 7 nitrogen and oxygen atoms in total. The molecule has 8 heteroatoms. The molecule has 1 aromatic heterocycles. The predicted molar refractivity (Wildman–Crippen MR) is 105 cm³/mol. The molecule has 0 aliphatic heterocycles. The highest BCUT2D eigenvalue weighted by Crippen LogP contribution is 2.27. The minimum absolute atomic E-state index is 0.549. The van der Waals surface area contributed by atoms with Gasteiger partial charge in [-0.05, 0) is 19.9 Å². The summed E-state index contributed by atoms with van der Waals surface area (Å²) in [7, 11) is 1.65. The van der Waals surface area contributed by atoms with Gasteiger partial charge in [0.2, 0.25) is 0 Å². The Kier molecular flexibility index (Phi) is 15.6. The Morgan fingerprint density at radius 2 is 1.04 bits per heavy atom. The summed E-state index contributed by atoms with van der Waals surface area (Å²) >= 11 is 1.74. The van der Waals surface area contributed by atoms with E-state index in [4.69, 9.17) is 33.2 Å². The summed E-state index contributed by atoms with van der Waals surface area (Å²) in [4.78, 5) is 2.47. The zero-order chi connectivity index (χ0) is 19.6. The van der Waals surface area contributed by atoms with Crippen LogP contribution in [-0.4, -0.2) is 86.4 Å². The van der Waals surface area contributed by atoms with Crippen LogP contribution >= 0.6 is 11.3 Å². The van der Waals surface area contributed by atoms with Crippen LogP contribution in [0.3, 0.4) is 0 Å². The first-order valence-corrected chi connectivity index (χ1v) is 10.1. The first-order valence-electron chi connectivity index (χ1n) is 9.31. The smallest absolute Gasteiger partial charge is 0.133 e. The first kappa shape index (κ1) is 24.3. The number of ether oxygens (including phenoxy) is 7. The van der Waals surface area contributed by atoms with E-state index in [-0.39, 0.29) is 0 Å². The summed E-state index contributed by atoms with van der Waals surface area (Å²) in [6, 6.07) is 2.06. The average molecular weight is 407 g/mol. The van der Waals surface area contributed by atoms with E-state index >= 15 is 0 Å². The van der Waals surface area contributed by atoms with Crippen molar-refractivity contribution in [2.45, 2.75) is 13.8 Å². The van der Waals surface area contributed by atoms with Crippen LogP contribution in [0.15, 0.2) is 6.07 Å². The number of hydrogen-bond donors (Lipinski definition) is 0. The minimum atomic E-state index is 0.549. The van der Waals surface area contributed by atoms with Gasteiger partial charge in [-0.15, -0.1) is 11.3 Å². The molecule has 0 spiro atoms. The average Bonchev–Trinajstić information content (AvgIpc) is 2.98. The predicted octanol–water partition coefficient (Wildman–Crippen LogP) is 2.47. The molecule has 0 fully saturated rings. The van der Waals surface area contributed by atoms with Gasteiger partial charge in [-0.25, -0.2) is 0 Å². The molecule has 1 rings (SSSR count). The van der Waals surface area contributed by atoms with Crippen molar-refractivity contribution in [3.05, 3.63) is 15.8 Å². The van der Waals surface area contributed by atoms with E-state index in [2.05, 4.69) is 19.9 Å². The van der Waals surface area contributed by atoms with Gasteiger partial charge in [0, 0.05) is 16.9 Å². The first-order chi connectivity index (χ1) is 13.2. The monoisotopic (exact) mass is 406 g/mol. The third-order valence-electron chi connectivity index (χ3n) is 3.40. The molecule has 158 valence electrons. The second kappa shape index (κ2) is 17.4. The fraction of sp³-hybridized carbons (Fsp3) is 0.789. The molecule has 0 saturated heterocycles. The molecule has 0 aromatic carbocycles. The maximum atomic E-state index is 5.68. The molecule has 0 amide bonds. The van der Waals surface area contributed by atoms with Crippen molar-refractivity contribution in [1.82, 2.24) is 0 Å². The number of methoxy groups -OCH3 is 1. The van der Waals surface area contributed by atoms with Crippen molar-refractivity contribution in [3.8, 4) is 5.75 Å². The van der Waals surface area contributed by atoms with Gasteiger partial charge < -0.3 is 33.2 Å². The Morgan fingerprint density at radius 3 is 1.41 bits per heavy atom. The van der Waals surface area contributed by atoms with Crippen LogP contribution in [0.25, 0.3) is 0 Å². The lowest BCUT2D eigenvalue weighted by Crippen LogP contribution is -2.14. The van der Waals surface area contributed by atoms with Crippen LogP contribution in [0, 0.1) is 13.8 Å². The molecule has 0 radical (unpaired) electrons. The highest BCUT2D eigenvalue weighted by atomic mass is 32.1. The summed E-state index contributed by atoms with van der Waals surface area (Å²) in [5, 5.41) is 0. The summed E-state index contributed by atoms with van der Waals surface area (Å²) in [5.41, 5.74) is 0. The van der Waals surface area contributed by atoms with E-state index < -0.39 is 0 Å². The molecule has 0 aliphatic rings. The second-order valence-electron chi connectivity index (χ2n) is 5.68. The summed E-state index contributed by atoms with van der Waals surface area (Å²) in [6.07, 6.45) is 0. The lowest BCUT2D eigenvalue weighted by molar-refractivity contribution is -0.0159. The van der Waals surface area contributed by atoms with E-state index in [1.807, 2.05) is 0 Å². The molecule has 27 heavy (non-hydrogen) atoms. The molecule has 0 bridgehead atoms. The largest absolute Gasteiger partial charge is 0.490 e. The third-order valence-corrected chi connectivity index (χ3v) is 4.35. The van der Waals surface area contributed by atoms with E-state index in [9.17, 15) is 0 Å². The fourth-order valence-electron chi connectivity index (χ4n) is 2.09. The number of rotatable bonds is 19. The van der Waals surface area contributed by atoms with E-state index in [1.54, 1.807) is 18.4 Å². The van der Waals surface area contributed by atoms with Gasteiger partial charge in [-0.1, -0.05) is 0 Å². The Balaban J connectivity index is 1.73. The zero-order valence-electron chi connectivity index (χ0n) is 16.8. The fourth-order valence-corrected chi connectivity index (χ4v) is 2.95. The molecular weight excluding hydrogens is 372 g/mol. The van der Waals surface area contributed by atoms with Crippen molar-refractivity contribution in [1.29, 1.82) is 0 Å². The van der Waals surface area contributed by atoms with E-state index in [0.717, 1.165) is 5.75 Å². The highest BCUT2D eigenvalue weighted by molar-refractivity contribution is 7.12. The molecule has 0 unspecified atom stereocenters. The lowest BCUT2D eigenvalue weighted by atomic mass is 10.4. The van der Waals surface area contributed by atoms with Gasteiger partial charge in [0.1, 0.15) is 12.4 Å². The van der Waals surface area contributed by atoms with Gasteiger partial charge in [0.05, 0.1) is 72.7 Å². The Bertz CT molecular complexity index is 453. The van der Waals surface area contributed by atoms with Crippen LogP contribution in [0.1, 0.15) is 9.75 Å². The Hall–Kier alpha value is -0.740. The van der Waals surface area contributed by atoms with Crippen molar-refractivity contribution < 1.29 is 33.2 Å². The van der Waals surface area contributed by atoms with Gasteiger partial charge in [-0.2, -0.15) is 0 Å². The summed E-state index contributed by atoms with van der Waals surface area (Å²) < 4.78 is 37.6. The standard InChI is InChI=1S/C19H34O7S/c1-17-16-19(18(2)27-17)26-15-14-25-13-12-24-11-10-23-9-8-22-7-6-21-5-4-20-3/h16H,4-15H2,1-3H3. The van der Waals surface area contributed by atoms with Crippen LogP contribution in [0.2, 0.25) is 0 Å². The SMILES string of the molecule is COCCOCCOCCOCCOCCOCCOc1cc(C)sc1C. The van der Waals surface area contributed by atoms with E-state index in [1.165, 1.54) is 9.75 Å². The van der Waals surface area contributed by atoms with Crippen molar-refractivity contribution in [2.75, 3.05) is 86.4 Å². The van der Waals surface area contributed by atoms with Crippen molar-refractivity contribution in [2.24, 2.45) is 0 Å². The van der Waals surface area contributed by atoms with Gasteiger partial charge in [0.25, 0.3) is 0 Å². The molecule has 0 saturated carbocycles. The second-order valence-corrected chi connectivity index (χ2v) is 7.14. The topological polar surface area (TPSA) is 64.6 Å². The molecular formula is C19H34O7S. The van der Waals surface area contributed by atoms with Gasteiger partial charge >= 0.3 is 0 Å². The number of hydrogen-bond acceptors (Lipinski definition) is 8. The maximum absolute atomic E-state index is 5.68. The lowest BCUT2D eigenvalue weighted by Gasteiger charge is -2.08. The van der Waals surface area contributed by atoms with Crippen LogP contribution in [-0.2, 0) is 28.4 Å². The molecule has 0 N–H and O–H groups in total. The molecule has 1 aromatic rings. The van der Waals surface area contributed by atoms with Crippen LogP contribution in [0.5, 0.6) is 5.75 Å². The summed E-state index contributed by atoms with van der Waals surface area (Å²) in [5.74, 6) is 0.956. The minimum Gasteiger partial charge on any atom is -0.490 e. The van der Waals surface area contributed by atoms with Crippen LogP contribution < -0.4 is 4.74 Å². The van der Waals surface area contributed by atoms with Gasteiger partial charge in [0.15, 0.2) is 0 Å². The third kappa shape index (κ3) is 14.0. The summed E-state index contributed by atoms with van der Waals surface area (Å²) in [6.45, 7) is 10.9. The Labute approximate surface area is 166 Å². The van der Waals surface area contributed by atoms with E-state index in [0.29, 0.717) is 79.3 Å². The number of aryl methyl sites for hydroxylation is 2. The number of thiophene rings is 1. The van der Waals surface area contributed by atoms with Crippen LogP contribution in [0.4, 0.5) is 0 Å².